The Labute approximate surface area is 203 Å². The first-order valence-corrected chi connectivity index (χ1v) is 12.4. The Kier molecular flexibility index (Phi) is 6.12. The van der Waals surface area contributed by atoms with Crippen LogP contribution in [-0.2, 0) is 6.42 Å². The van der Waals surface area contributed by atoms with Crippen LogP contribution in [0.5, 0.6) is 0 Å². The predicted molar refractivity (Wildman–Crippen MR) is 143 cm³/mol. The van der Waals surface area contributed by atoms with Crippen molar-refractivity contribution in [1.82, 2.24) is 0 Å². The maximum absolute atomic E-state index is 9.34. The van der Waals surface area contributed by atoms with Crippen LogP contribution in [0, 0.1) is 17.2 Å². The third-order valence-corrected chi connectivity index (χ3v) is 7.53. The second-order valence-electron chi connectivity index (χ2n) is 9.90. The zero-order chi connectivity index (χ0) is 23.7. The van der Waals surface area contributed by atoms with Crippen molar-refractivity contribution in [2.24, 2.45) is 5.92 Å². The molecular weight excluding hydrogens is 412 g/mol. The summed E-state index contributed by atoms with van der Waals surface area (Å²) >= 11 is 0. The van der Waals surface area contributed by atoms with Gasteiger partial charge in [-0.25, -0.2) is 0 Å². The number of allylic oxidation sites excluding steroid dienone is 7. The molecule has 2 aliphatic carbocycles. The van der Waals surface area contributed by atoms with Crippen LogP contribution in [0.15, 0.2) is 96.6 Å². The second-order valence-corrected chi connectivity index (χ2v) is 9.90. The highest BCUT2D eigenvalue weighted by Crippen LogP contribution is 2.52. The lowest BCUT2D eigenvalue weighted by Crippen LogP contribution is -2.26. The van der Waals surface area contributed by atoms with Gasteiger partial charge in [0, 0.05) is 23.3 Å². The molecule has 34 heavy (non-hydrogen) atoms. The Balaban J connectivity index is 1.44. The fraction of sp³-hybridized carbons (Fsp3) is 0.281. The van der Waals surface area contributed by atoms with Gasteiger partial charge >= 0.3 is 0 Å². The smallest absolute Gasteiger partial charge is 0.0991 e. The average molecular weight is 445 g/mol. The van der Waals surface area contributed by atoms with Crippen LogP contribution in [0.3, 0.4) is 0 Å². The SMILES string of the molecule is C=C(C)/C(=C\c1ccc2c(c1)C1CCCC1N2c1ccc(CC2C=CC=CC2)cc1)C(=C)C#N. The molecule has 3 aliphatic rings. The molecule has 0 N–H and O–H groups in total. The van der Waals surface area contributed by atoms with E-state index in [9.17, 15) is 5.26 Å². The Hall–Kier alpha value is -3.57. The van der Waals surface area contributed by atoms with E-state index in [1.165, 1.54) is 41.8 Å². The molecule has 1 heterocycles. The number of anilines is 2. The van der Waals surface area contributed by atoms with Gasteiger partial charge in [-0.1, -0.05) is 62.1 Å². The lowest BCUT2D eigenvalue weighted by molar-refractivity contribution is 0.640. The molecule has 0 saturated heterocycles. The standard InChI is InChI=1S/C32H32N2/c1-22(2)29(23(3)21-33)19-26-14-17-32-30(20-26)28-10-7-11-31(28)34(32)27-15-12-25(13-16-27)18-24-8-5-4-6-9-24/h4-6,8,12-17,19-20,24,28,31H,1,3,7,9-11,18H2,2H3/b29-19+. The predicted octanol–water partition coefficient (Wildman–Crippen LogP) is 8.19. The fourth-order valence-electron chi connectivity index (χ4n) is 5.87. The molecule has 1 aliphatic heterocycles. The van der Waals surface area contributed by atoms with Gasteiger partial charge in [-0.15, -0.1) is 0 Å². The molecule has 0 radical (unpaired) electrons. The summed E-state index contributed by atoms with van der Waals surface area (Å²) in [7, 11) is 0. The molecular formula is C32H32N2. The molecule has 3 unspecified atom stereocenters. The van der Waals surface area contributed by atoms with E-state index in [4.69, 9.17) is 0 Å². The van der Waals surface area contributed by atoms with Crippen LogP contribution in [0.1, 0.15) is 55.2 Å². The minimum Gasteiger partial charge on any atom is -0.338 e. The lowest BCUT2D eigenvalue weighted by atomic mass is 9.93. The first-order valence-electron chi connectivity index (χ1n) is 12.4. The molecule has 0 amide bonds. The molecule has 2 aromatic carbocycles. The van der Waals surface area contributed by atoms with Crippen LogP contribution in [0.2, 0.25) is 0 Å². The molecule has 1 saturated carbocycles. The number of fused-ring (bicyclic) bond motifs is 3. The van der Waals surface area contributed by atoms with Crippen molar-refractivity contribution in [3.63, 3.8) is 0 Å². The molecule has 0 bridgehead atoms. The average Bonchev–Trinajstić information content (AvgIpc) is 3.44. The highest BCUT2D eigenvalue weighted by atomic mass is 15.2. The van der Waals surface area contributed by atoms with E-state index in [1.807, 2.05) is 6.92 Å². The first-order chi connectivity index (χ1) is 16.5. The molecule has 3 atom stereocenters. The highest BCUT2D eigenvalue weighted by Gasteiger charge is 2.42. The zero-order valence-electron chi connectivity index (χ0n) is 20.0. The van der Waals surface area contributed by atoms with Crippen molar-refractivity contribution >= 4 is 17.5 Å². The molecule has 2 heteroatoms. The van der Waals surface area contributed by atoms with Crippen molar-refractivity contribution in [2.75, 3.05) is 4.90 Å². The van der Waals surface area contributed by atoms with Crippen LogP contribution < -0.4 is 4.90 Å². The Bertz CT molecular complexity index is 1250. The van der Waals surface area contributed by atoms with Crippen molar-refractivity contribution in [2.45, 2.75) is 51.0 Å². The van der Waals surface area contributed by atoms with E-state index in [1.54, 1.807) is 0 Å². The van der Waals surface area contributed by atoms with Crippen LogP contribution in [-0.4, -0.2) is 6.04 Å². The third-order valence-electron chi connectivity index (χ3n) is 7.53. The molecule has 0 aromatic heterocycles. The van der Waals surface area contributed by atoms with E-state index in [0.29, 0.717) is 23.5 Å². The molecule has 1 fully saturated rings. The Morgan fingerprint density at radius 2 is 1.94 bits per heavy atom. The quantitative estimate of drug-likeness (QED) is 0.332. The van der Waals surface area contributed by atoms with Crippen molar-refractivity contribution < 1.29 is 0 Å². The molecule has 2 aromatic rings. The minimum atomic E-state index is 0.466. The number of rotatable bonds is 6. The van der Waals surface area contributed by atoms with Gasteiger partial charge in [0.05, 0.1) is 11.6 Å². The van der Waals surface area contributed by atoms with Gasteiger partial charge in [0.2, 0.25) is 0 Å². The lowest BCUT2D eigenvalue weighted by Gasteiger charge is -2.27. The van der Waals surface area contributed by atoms with Gasteiger partial charge in [-0.2, -0.15) is 5.26 Å². The summed E-state index contributed by atoms with van der Waals surface area (Å²) in [6.45, 7) is 9.88. The monoisotopic (exact) mass is 444 g/mol. The van der Waals surface area contributed by atoms with E-state index in [2.05, 4.69) is 97.0 Å². The van der Waals surface area contributed by atoms with Crippen molar-refractivity contribution in [3.8, 4) is 6.07 Å². The van der Waals surface area contributed by atoms with Gasteiger partial charge in [0.25, 0.3) is 0 Å². The second kappa shape index (κ2) is 9.35. The fourth-order valence-corrected chi connectivity index (χ4v) is 5.87. The maximum Gasteiger partial charge on any atom is 0.0991 e. The number of nitriles is 1. The summed E-state index contributed by atoms with van der Waals surface area (Å²) in [5.41, 5.74) is 8.74. The number of hydrogen-bond donors (Lipinski definition) is 0. The normalized spacial score (nSPS) is 22.9. The van der Waals surface area contributed by atoms with Gasteiger partial charge in [-0.3, -0.25) is 0 Å². The number of nitrogens with zero attached hydrogens (tertiary/aromatic N) is 2. The molecule has 170 valence electrons. The summed E-state index contributed by atoms with van der Waals surface area (Å²) < 4.78 is 0. The molecule has 2 nitrogen and oxygen atoms in total. The summed E-state index contributed by atoms with van der Waals surface area (Å²) in [4.78, 5) is 2.57. The number of hydrogen-bond acceptors (Lipinski definition) is 2. The van der Waals surface area contributed by atoms with E-state index in [0.717, 1.165) is 29.6 Å². The Morgan fingerprint density at radius 1 is 1.12 bits per heavy atom. The summed E-state index contributed by atoms with van der Waals surface area (Å²) in [6.07, 6.45) is 16.9. The van der Waals surface area contributed by atoms with Crippen LogP contribution >= 0.6 is 0 Å². The van der Waals surface area contributed by atoms with Crippen molar-refractivity contribution in [1.29, 1.82) is 5.26 Å². The van der Waals surface area contributed by atoms with E-state index in [-0.39, 0.29) is 0 Å². The highest BCUT2D eigenvalue weighted by molar-refractivity contribution is 5.76. The third kappa shape index (κ3) is 4.19. The molecule has 0 spiro atoms. The van der Waals surface area contributed by atoms with Gasteiger partial charge in [0.15, 0.2) is 0 Å². The van der Waals surface area contributed by atoms with Gasteiger partial charge in [0.1, 0.15) is 0 Å². The van der Waals surface area contributed by atoms with Crippen LogP contribution in [0.4, 0.5) is 11.4 Å². The van der Waals surface area contributed by atoms with Crippen LogP contribution in [0.25, 0.3) is 6.08 Å². The Morgan fingerprint density at radius 3 is 2.65 bits per heavy atom. The maximum atomic E-state index is 9.34. The number of benzene rings is 2. The topological polar surface area (TPSA) is 27.0 Å². The first kappa shape index (κ1) is 22.2. The summed E-state index contributed by atoms with van der Waals surface area (Å²) in [5.74, 6) is 1.17. The van der Waals surface area contributed by atoms with Gasteiger partial charge < -0.3 is 4.90 Å². The zero-order valence-corrected chi connectivity index (χ0v) is 20.0. The minimum absolute atomic E-state index is 0.466. The van der Waals surface area contributed by atoms with Crippen molar-refractivity contribution in [3.05, 3.63) is 113 Å². The molecule has 5 rings (SSSR count). The van der Waals surface area contributed by atoms with Gasteiger partial charge in [-0.05, 0) is 96.7 Å². The van der Waals surface area contributed by atoms with E-state index < -0.39 is 0 Å². The summed E-state index contributed by atoms with van der Waals surface area (Å²) in [5, 5.41) is 9.34. The van der Waals surface area contributed by atoms with E-state index >= 15 is 0 Å². The summed E-state index contributed by atoms with van der Waals surface area (Å²) in [6, 6.07) is 18.7. The largest absolute Gasteiger partial charge is 0.338 e.